The van der Waals surface area contributed by atoms with E-state index >= 15 is 0 Å². The highest BCUT2D eigenvalue weighted by Gasteiger charge is 2.47. The lowest BCUT2D eigenvalue weighted by Crippen LogP contribution is -2.44. The Labute approximate surface area is 120 Å². The summed E-state index contributed by atoms with van der Waals surface area (Å²) < 4.78 is 5.67. The van der Waals surface area contributed by atoms with E-state index in [9.17, 15) is 4.79 Å². The first kappa shape index (κ1) is 13.7. The molecule has 1 saturated heterocycles. The summed E-state index contributed by atoms with van der Waals surface area (Å²) in [5.74, 6) is 2.79. The lowest BCUT2D eigenvalue weighted by atomic mass is 9.94. The van der Waals surface area contributed by atoms with Gasteiger partial charge in [-0.1, -0.05) is 0 Å². The molecule has 2 aliphatic carbocycles. The van der Waals surface area contributed by atoms with Crippen molar-refractivity contribution >= 4 is 17.5 Å². The van der Waals surface area contributed by atoms with Crippen LogP contribution in [0.25, 0.3) is 0 Å². The van der Waals surface area contributed by atoms with Gasteiger partial charge in [0.05, 0.1) is 12.7 Å². The van der Waals surface area contributed by atoms with Crippen LogP contribution >= 0.6 is 11.6 Å². The number of nitrogens with zero attached hydrogens (tertiary/aromatic N) is 1. The van der Waals surface area contributed by atoms with Gasteiger partial charge in [0.1, 0.15) is 0 Å². The molecule has 0 aromatic rings. The molecule has 3 aliphatic rings. The molecule has 108 valence electrons. The molecule has 3 nitrogen and oxygen atoms in total. The number of rotatable bonds is 6. The maximum Gasteiger partial charge on any atom is 0.226 e. The molecule has 0 radical (unpaired) electrons. The Morgan fingerprint density at radius 3 is 2.16 bits per heavy atom. The highest BCUT2D eigenvalue weighted by molar-refractivity contribution is 6.17. The SMILES string of the molecule is O=C(C(C1CC1)C1CC1)N1CCC(OCCCl)CC1. The number of ether oxygens (including phenoxy) is 1. The summed E-state index contributed by atoms with van der Waals surface area (Å²) in [7, 11) is 0. The van der Waals surface area contributed by atoms with Gasteiger partial charge in [0.2, 0.25) is 5.91 Å². The third-order valence-electron chi connectivity index (χ3n) is 4.73. The zero-order valence-electron chi connectivity index (χ0n) is 11.5. The Morgan fingerprint density at radius 2 is 1.68 bits per heavy atom. The van der Waals surface area contributed by atoms with Gasteiger partial charge in [0, 0.05) is 24.9 Å². The zero-order chi connectivity index (χ0) is 13.2. The first-order valence-corrected chi connectivity index (χ1v) is 8.29. The van der Waals surface area contributed by atoms with Crippen LogP contribution < -0.4 is 0 Å². The smallest absolute Gasteiger partial charge is 0.226 e. The highest BCUT2D eigenvalue weighted by Crippen LogP contribution is 2.50. The van der Waals surface area contributed by atoms with Crippen LogP contribution in [0.2, 0.25) is 0 Å². The number of halogens is 1. The van der Waals surface area contributed by atoms with Crippen LogP contribution in [0.15, 0.2) is 0 Å². The van der Waals surface area contributed by atoms with Gasteiger partial charge in [0.15, 0.2) is 0 Å². The molecule has 2 saturated carbocycles. The molecular formula is C15H24ClNO2. The molecule has 0 bridgehead atoms. The van der Waals surface area contributed by atoms with Crippen molar-refractivity contribution in [2.75, 3.05) is 25.6 Å². The third-order valence-corrected chi connectivity index (χ3v) is 4.88. The number of piperidine rings is 1. The summed E-state index contributed by atoms with van der Waals surface area (Å²) in [6.07, 6.45) is 7.38. The Hall–Kier alpha value is -0.280. The van der Waals surface area contributed by atoms with E-state index in [1.165, 1.54) is 25.7 Å². The molecular weight excluding hydrogens is 262 g/mol. The topological polar surface area (TPSA) is 29.5 Å². The Balaban J connectivity index is 1.48. The fraction of sp³-hybridized carbons (Fsp3) is 0.933. The molecule has 3 rings (SSSR count). The lowest BCUT2D eigenvalue weighted by molar-refractivity contribution is -0.139. The van der Waals surface area contributed by atoms with E-state index in [1.807, 2.05) is 0 Å². The first-order valence-electron chi connectivity index (χ1n) is 7.76. The van der Waals surface area contributed by atoms with E-state index in [1.54, 1.807) is 0 Å². The summed E-state index contributed by atoms with van der Waals surface area (Å²) in [5.41, 5.74) is 0. The Kier molecular flexibility index (Phi) is 4.33. The minimum atomic E-state index is 0.308. The first-order chi connectivity index (χ1) is 9.29. The third kappa shape index (κ3) is 3.43. The molecule has 4 heteroatoms. The second-order valence-corrected chi connectivity index (χ2v) is 6.66. The minimum Gasteiger partial charge on any atom is -0.377 e. The van der Waals surface area contributed by atoms with Crippen molar-refractivity contribution in [3.05, 3.63) is 0 Å². The number of alkyl halides is 1. The molecule has 0 aromatic carbocycles. The molecule has 0 N–H and O–H groups in total. The zero-order valence-corrected chi connectivity index (χ0v) is 12.3. The standard InChI is InChI=1S/C15H24ClNO2/c16-7-10-19-13-5-8-17(9-6-13)15(18)14(11-1-2-11)12-3-4-12/h11-14H,1-10H2. The van der Waals surface area contributed by atoms with Crippen LogP contribution in [0, 0.1) is 17.8 Å². The van der Waals surface area contributed by atoms with Crippen molar-refractivity contribution in [2.45, 2.75) is 44.6 Å². The molecule has 0 atom stereocenters. The second-order valence-electron chi connectivity index (χ2n) is 6.29. The normalized spacial score (nSPS) is 25.1. The minimum absolute atomic E-state index is 0.308. The predicted octanol–water partition coefficient (Wildman–Crippen LogP) is 2.67. The van der Waals surface area contributed by atoms with Crippen LogP contribution in [0.4, 0.5) is 0 Å². The fourth-order valence-corrected chi connectivity index (χ4v) is 3.45. The van der Waals surface area contributed by atoms with E-state index in [-0.39, 0.29) is 0 Å². The number of hydrogen-bond donors (Lipinski definition) is 0. The molecule has 1 heterocycles. The predicted molar refractivity (Wildman–Crippen MR) is 75.2 cm³/mol. The molecule has 1 aliphatic heterocycles. The van der Waals surface area contributed by atoms with Crippen molar-refractivity contribution in [3.8, 4) is 0 Å². The maximum atomic E-state index is 12.6. The van der Waals surface area contributed by atoms with Crippen LogP contribution in [-0.4, -0.2) is 42.5 Å². The summed E-state index contributed by atoms with van der Waals surface area (Å²) in [5, 5.41) is 0. The number of likely N-dealkylation sites (tertiary alicyclic amines) is 1. The van der Waals surface area contributed by atoms with Crippen molar-refractivity contribution in [3.63, 3.8) is 0 Å². The quantitative estimate of drug-likeness (QED) is 0.702. The van der Waals surface area contributed by atoms with E-state index in [4.69, 9.17) is 16.3 Å². The van der Waals surface area contributed by atoms with Gasteiger partial charge in [-0.3, -0.25) is 4.79 Å². The molecule has 19 heavy (non-hydrogen) atoms. The summed E-state index contributed by atoms with van der Waals surface area (Å²) in [6, 6.07) is 0. The van der Waals surface area contributed by atoms with Gasteiger partial charge >= 0.3 is 0 Å². The molecule has 0 unspecified atom stereocenters. The van der Waals surface area contributed by atoms with Crippen LogP contribution in [0.3, 0.4) is 0 Å². The largest absolute Gasteiger partial charge is 0.377 e. The monoisotopic (exact) mass is 285 g/mol. The Morgan fingerprint density at radius 1 is 1.11 bits per heavy atom. The van der Waals surface area contributed by atoms with Crippen molar-refractivity contribution in [1.29, 1.82) is 0 Å². The number of carbonyl (C=O) groups excluding carboxylic acids is 1. The van der Waals surface area contributed by atoms with Crippen molar-refractivity contribution < 1.29 is 9.53 Å². The molecule has 0 aromatic heterocycles. The average Bonchev–Trinajstić information content (AvgIpc) is 3.31. The van der Waals surface area contributed by atoms with E-state index < -0.39 is 0 Å². The number of hydrogen-bond acceptors (Lipinski definition) is 2. The summed E-state index contributed by atoms with van der Waals surface area (Å²) >= 11 is 5.64. The van der Waals surface area contributed by atoms with Crippen molar-refractivity contribution in [2.24, 2.45) is 17.8 Å². The lowest BCUT2D eigenvalue weighted by Gasteiger charge is -2.34. The van der Waals surface area contributed by atoms with Gasteiger partial charge < -0.3 is 9.64 Å². The molecule has 0 spiro atoms. The summed E-state index contributed by atoms with van der Waals surface area (Å²) in [4.78, 5) is 14.7. The maximum absolute atomic E-state index is 12.6. The van der Waals surface area contributed by atoms with E-state index in [0.717, 1.165) is 25.9 Å². The van der Waals surface area contributed by atoms with Crippen LogP contribution in [0.1, 0.15) is 38.5 Å². The summed E-state index contributed by atoms with van der Waals surface area (Å²) in [6.45, 7) is 2.39. The van der Waals surface area contributed by atoms with E-state index in [2.05, 4.69) is 4.90 Å². The van der Waals surface area contributed by atoms with Crippen LogP contribution in [-0.2, 0) is 9.53 Å². The van der Waals surface area contributed by atoms with Gasteiger partial charge in [0.25, 0.3) is 0 Å². The number of carbonyl (C=O) groups is 1. The molecule has 1 amide bonds. The fourth-order valence-electron chi connectivity index (χ4n) is 3.36. The van der Waals surface area contributed by atoms with Gasteiger partial charge in [-0.2, -0.15) is 0 Å². The van der Waals surface area contributed by atoms with Gasteiger partial charge in [-0.05, 0) is 50.4 Å². The molecule has 3 fully saturated rings. The van der Waals surface area contributed by atoms with Gasteiger partial charge in [-0.15, -0.1) is 11.6 Å². The van der Waals surface area contributed by atoms with Gasteiger partial charge in [-0.25, -0.2) is 0 Å². The van der Waals surface area contributed by atoms with Crippen LogP contribution in [0.5, 0.6) is 0 Å². The second kappa shape index (κ2) is 6.01. The highest BCUT2D eigenvalue weighted by atomic mass is 35.5. The Bertz CT molecular complexity index is 308. The van der Waals surface area contributed by atoms with Crippen molar-refractivity contribution in [1.82, 2.24) is 4.90 Å². The van der Waals surface area contributed by atoms with E-state index in [0.29, 0.717) is 42.3 Å². The number of amides is 1. The average molecular weight is 286 g/mol.